The molecule has 1 amide bonds. The number of ether oxygens (including phenoxy) is 1. The summed E-state index contributed by atoms with van der Waals surface area (Å²) in [7, 11) is 1.86. The molecule has 1 aliphatic heterocycles. The number of nitrogens with two attached hydrogens (primary N) is 1. The molecule has 3 N–H and O–H groups in total. The molecule has 5 nitrogen and oxygen atoms in total. The van der Waals surface area contributed by atoms with E-state index in [4.69, 9.17) is 10.5 Å². The Morgan fingerprint density at radius 1 is 1.42 bits per heavy atom. The number of nitrogens with zero attached hydrogens (tertiary/aromatic N) is 1. The highest BCUT2D eigenvalue weighted by Crippen LogP contribution is 2.38. The largest absolute Gasteiger partial charge is 0.482 e. The summed E-state index contributed by atoms with van der Waals surface area (Å²) in [6.45, 7) is 0.106. The van der Waals surface area contributed by atoms with Crippen LogP contribution in [-0.2, 0) is 4.79 Å². The molecule has 2 atom stereocenters. The van der Waals surface area contributed by atoms with Gasteiger partial charge in [-0.05, 0) is 37.5 Å². The summed E-state index contributed by atoms with van der Waals surface area (Å²) in [5, 5.41) is 3.09. The third-order valence-electron chi connectivity index (χ3n) is 3.99. The van der Waals surface area contributed by atoms with Crippen LogP contribution in [0.4, 0.5) is 11.4 Å². The summed E-state index contributed by atoms with van der Waals surface area (Å²) in [6, 6.07) is 5.97. The zero-order valence-corrected chi connectivity index (χ0v) is 11.1. The summed E-state index contributed by atoms with van der Waals surface area (Å²) < 4.78 is 5.50. The molecule has 1 saturated carbocycles. The molecule has 1 aromatic carbocycles. The van der Waals surface area contributed by atoms with Gasteiger partial charge in [-0.25, -0.2) is 0 Å². The van der Waals surface area contributed by atoms with Crippen LogP contribution in [0.15, 0.2) is 18.2 Å². The number of fused-ring (bicyclic) bond motifs is 1. The second-order valence-electron chi connectivity index (χ2n) is 5.15. The van der Waals surface area contributed by atoms with E-state index in [0.29, 0.717) is 0 Å². The van der Waals surface area contributed by atoms with Crippen molar-refractivity contribution in [2.75, 3.05) is 23.9 Å². The standard InChI is InChI=1S/C14H19N3O2/c1-16-9-5-6-13-12(7-9)17(14(18)8-19-13)11-4-2-3-10(11)15/h5-7,10-11,16H,2-4,8,15H2,1H3. The Kier molecular flexibility index (Phi) is 3.06. The number of hydrogen-bond acceptors (Lipinski definition) is 4. The lowest BCUT2D eigenvalue weighted by Crippen LogP contribution is -2.51. The maximum absolute atomic E-state index is 12.2. The third-order valence-corrected chi connectivity index (χ3v) is 3.99. The van der Waals surface area contributed by atoms with E-state index >= 15 is 0 Å². The lowest BCUT2D eigenvalue weighted by molar-refractivity contribution is -0.121. The fourth-order valence-electron chi connectivity index (χ4n) is 2.98. The van der Waals surface area contributed by atoms with Gasteiger partial charge >= 0.3 is 0 Å². The number of carbonyl (C=O) groups excluding carboxylic acids is 1. The highest BCUT2D eigenvalue weighted by Gasteiger charge is 2.37. The van der Waals surface area contributed by atoms with Crippen LogP contribution >= 0.6 is 0 Å². The van der Waals surface area contributed by atoms with Gasteiger partial charge in [0, 0.05) is 18.8 Å². The van der Waals surface area contributed by atoms with E-state index < -0.39 is 0 Å². The first-order valence-corrected chi connectivity index (χ1v) is 6.73. The molecule has 0 saturated heterocycles. The van der Waals surface area contributed by atoms with Crippen LogP contribution in [0.25, 0.3) is 0 Å². The number of amides is 1. The Morgan fingerprint density at radius 3 is 2.95 bits per heavy atom. The second-order valence-corrected chi connectivity index (χ2v) is 5.15. The van der Waals surface area contributed by atoms with Gasteiger partial charge in [0.05, 0.1) is 11.7 Å². The maximum Gasteiger partial charge on any atom is 0.265 e. The molecule has 1 fully saturated rings. The number of carbonyl (C=O) groups is 1. The molecule has 0 bridgehead atoms. The zero-order chi connectivity index (χ0) is 13.4. The summed E-state index contributed by atoms with van der Waals surface area (Å²) in [5.41, 5.74) is 7.95. The van der Waals surface area contributed by atoms with Crippen molar-refractivity contribution < 1.29 is 9.53 Å². The molecule has 0 spiro atoms. The minimum Gasteiger partial charge on any atom is -0.482 e. The Morgan fingerprint density at radius 2 is 2.26 bits per heavy atom. The fraction of sp³-hybridized carbons (Fsp3) is 0.500. The smallest absolute Gasteiger partial charge is 0.265 e. The van der Waals surface area contributed by atoms with Crippen molar-refractivity contribution in [3.63, 3.8) is 0 Å². The average Bonchev–Trinajstić information content (AvgIpc) is 2.84. The SMILES string of the molecule is CNc1ccc2c(c1)N(C1CCCC1N)C(=O)CO2. The molecule has 2 unspecified atom stereocenters. The third kappa shape index (κ3) is 2.04. The number of hydrogen-bond donors (Lipinski definition) is 2. The molecule has 1 aromatic rings. The molecule has 0 aromatic heterocycles. The van der Waals surface area contributed by atoms with Crippen molar-refractivity contribution in [3.8, 4) is 5.75 Å². The van der Waals surface area contributed by atoms with Crippen molar-refractivity contribution in [1.82, 2.24) is 0 Å². The van der Waals surface area contributed by atoms with E-state index in [2.05, 4.69) is 5.32 Å². The highest BCUT2D eigenvalue weighted by atomic mass is 16.5. The van der Waals surface area contributed by atoms with Crippen LogP contribution in [0.2, 0.25) is 0 Å². The van der Waals surface area contributed by atoms with Gasteiger partial charge in [0.1, 0.15) is 5.75 Å². The van der Waals surface area contributed by atoms with Crippen molar-refractivity contribution in [2.24, 2.45) is 5.73 Å². The van der Waals surface area contributed by atoms with Gasteiger partial charge in [-0.15, -0.1) is 0 Å². The van der Waals surface area contributed by atoms with Gasteiger partial charge in [-0.1, -0.05) is 0 Å². The van der Waals surface area contributed by atoms with E-state index in [9.17, 15) is 4.79 Å². The molecule has 102 valence electrons. The Hall–Kier alpha value is -1.75. The first kappa shape index (κ1) is 12.3. The molecular formula is C14H19N3O2. The number of anilines is 2. The molecule has 1 heterocycles. The molecule has 2 aliphatic rings. The van der Waals surface area contributed by atoms with E-state index in [1.807, 2.05) is 30.1 Å². The molecule has 5 heteroatoms. The van der Waals surface area contributed by atoms with Crippen molar-refractivity contribution in [3.05, 3.63) is 18.2 Å². The topological polar surface area (TPSA) is 67.6 Å². The van der Waals surface area contributed by atoms with Crippen molar-refractivity contribution >= 4 is 17.3 Å². The number of rotatable bonds is 2. The molecule has 3 rings (SSSR count). The van der Waals surface area contributed by atoms with Crippen LogP contribution in [0.3, 0.4) is 0 Å². The van der Waals surface area contributed by atoms with Gasteiger partial charge in [-0.2, -0.15) is 0 Å². The lowest BCUT2D eigenvalue weighted by atomic mass is 10.1. The van der Waals surface area contributed by atoms with Crippen LogP contribution in [0.1, 0.15) is 19.3 Å². The van der Waals surface area contributed by atoms with E-state index in [0.717, 1.165) is 36.4 Å². The molecule has 1 aliphatic carbocycles. The summed E-state index contributed by atoms with van der Waals surface area (Å²) in [6.07, 6.45) is 3.03. The van der Waals surface area contributed by atoms with Crippen LogP contribution < -0.4 is 20.7 Å². The Balaban J connectivity index is 2.02. The highest BCUT2D eigenvalue weighted by molar-refractivity contribution is 5.99. The van der Waals surface area contributed by atoms with Gasteiger partial charge in [0.2, 0.25) is 0 Å². The summed E-state index contributed by atoms with van der Waals surface area (Å²) in [5.74, 6) is 0.765. The maximum atomic E-state index is 12.2. The number of benzene rings is 1. The number of nitrogens with one attached hydrogen (secondary N) is 1. The predicted molar refractivity (Wildman–Crippen MR) is 74.6 cm³/mol. The van der Waals surface area contributed by atoms with Crippen LogP contribution in [0, 0.1) is 0 Å². The van der Waals surface area contributed by atoms with E-state index in [-0.39, 0.29) is 24.6 Å². The predicted octanol–water partition coefficient (Wildman–Crippen LogP) is 1.33. The summed E-state index contributed by atoms with van der Waals surface area (Å²) in [4.78, 5) is 14.1. The monoisotopic (exact) mass is 261 g/mol. The van der Waals surface area contributed by atoms with E-state index in [1.54, 1.807) is 0 Å². The molecule has 0 radical (unpaired) electrons. The average molecular weight is 261 g/mol. The normalized spacial score (nSPS) is 26.0. The Bertz CT molecular complexity index is 503. The fourth-order valence-corrected chi connectivity index (χ4v) is 2.98. The quantitative estimate of drug-likeness (QED) is 0.843. The molecule has 19 heavy (non-hydrogen) atoms. The summed E-state index contributed by atoms with van der Waals surface area (Å²) >= 11 is 0. The van der Waals surface area contributed by atoms with Gasteiger partial charge in [0.25, 0.3) is 5.91 Å². The second kappa shape index (κ2) is 4.74. The Labute approximate surface area is 112 Å². The van der Waals surface area contributed by atoms with Crippen molar-refractivity contribution in [2.45, 2.75) is 31.3 Å². The van der Waals surface area contributed by atoms with E-state index in [1.165, 1.54) is 0 Å². The van der Waals surface area contributed by atoms with Gasteiger partial charge in [-0.3, -0.25) is 4.79 Å². The van der Waals surface area contributed by atoms with Gasteiger partial charge < -0.3 is 20.7 Å². The minimum atomic E-state index is 0.00287. The minimum absolute atomic E-state index is 0.00287. The van der Waals surface area contributed by atoms with Crippen molar-refractivity contribution in [1.29, 1.82) is 0 Å². The zero-order valence-electron chi connectivity index (χ0n) is 11.1. The molecular weight excluding hydrogens is 242 g/mol. The first-order valence-electron chi connectivity index (χ1n) is 6.73. The van der Waals surface area contributed by atoms with Gasteiger partial charge in [0.15, 0.2) is 6.61 Å². The van der Waals surface area contributed by atoms with Crippen LogP contribution in [0.5, 0.6) is 5.75 Å². The first-order chi connectivity index (χ1) is 9.20. The van der Waals surface area contributed by atoms with Crippen LogP contribution in [-0.4, -0.2) is 31.6 Å². The lowest BCUT2D eigenvalue weighted by Gasteiger charge is -2.36.